The number of thiophene rings is 1. The van der Waals surface area contributed by atoms with Crippen LogP contribution in [0.15, 0.2) is 41.9 Å². The number of carbonyl (C=O) groups is 2. The van der Waals surface area contributed by atoms with Gasteiger partial charge in [-0.05, 0) is 29.1 Å². The molecule has 5 nitrogen and oxygen atoms in total. The molecule has 0 aliphatic heterocycles. The Morgan fingerprint density at radius 2 is 2.04 bits per heavy atom. The van der Waals surface area contributed by atoms with Crippen molar-refractivity contribution < 1.29 is 9.59 Å². The predicted octanol–water partition coefficient (Wildman–Crippen LogP) is 4.47. The van der Waals surface area contributed by atoms with Crippen LogP contribution in [0.4, 0.5) is 5.13 Å². The molecule has 0 saturated carbocycles. The van der Waals surface area contributed by atoms with E-state index in [4.69, 9.17) is 23.2 Å². The van der Waals surface area contributed by atoms with Crippen molar-refractivity contribution in [2.45, 2.75) is 6.42 Å². The fourth-order valence-corrected chi connectivity index (χ4v) is 4.09. The lowest BCUT2D eigenvalue weighted by atomic mass is 10.1. The standard InChI is InChI=1S/C17H13Cl2N3O2S2/c18-11-4-3-10(13(19)7-11)6-12-8-21-17(26-12)22-15(23)9-20-16(24)14-2-1-5-25-14/h1-5,7-8H,6,9H2,(H,20,24)(H,21,22,23). The van der Waals surface area contributed by atoms with Crippen LogP contribution in [0, 0.1) is 0 Å². The number of hydrogen-bond acceptors (Lipinski definition) is 5. The van der Waals surface area contributed by atoms with Crippen LogP contribution in [-0.2, 0) is 11.2 Å². The van der Waals surface area contributed by atoms with Crippen molar-refractivity contribution in [3.05, 3.63) is 67.3 Å². The lowest BCUT2D eigenvalue weighted by Crippen LogP contribution is -2.32. The van der Waals surface area contributed by atoms with Crippen LogP contribution in [0.1, 0.15) is 20.1 Å². The van der Waals surface area contributed by atoms with E-state index in [9.17, 15) is 9.59 Å². The van der Waals surface area contributed by atoms with Gasteiger partial charge < -0.3 is 10.6 Å². The Morgan fingerprint density at radius 3 is 2.77 bits per heavy atom. The van der Waals surface area contributed by atoms with Gasteiger partial charge in [0.1, 0.15) is 0 Å². The van der Waals surface area contributed by atoms with E-state index >= 15 is 0 Å². The maximum atomic E-state index is 12.0. The predicted molar refractivity (Wildman–Crippen MR) is 107 cm³/mol. The molecule has 0 atom stereocenters. The van der Waals surface area contributed by atoms with E-state index in [1.165, 1.54) is 22.7 Å². The van der Waals surface area contributed by atoms with Crippen molar-refractivity contribution in [2.75, 3.05) is 11.9 Å². The van der Waals surface area contributed by atoms with E-state index in [1.54, 1.807) is 35.8 Å². The zero-order chi connectivity index (χ0) is 18.5. The molecule has 2 heterocycles. The Hall–Kier alpha value is -1.93. The molecule has 3 rings (SSSR count). The highest BCUT2D eigenvalue weighted by molar-refractivity contribution is 7.15. The summed E-state index contributed by atoms with van der Waals surface area (Å²) in [6.07, 6.45) is 2.29. The van der Waals surface area contributed by atoms with Crippen LogP contribution in [0.25, 0.3) is 0 Å². The number of thiazole rings is 1. The van der Waals surface area contributed by atoms with Gasteiger partial charge in [-0.1, -0.05) is 35.3 Å². The molecule has 0 aliphatic rings. The molecule has 2 amide bonds. The van der Waals surface area contributed by atoms with Gasteiger partial charge >= 0.3 is 0 Å². The summed E-state index contributed by atoms with van der Waals surface area (Å²) in [6, 6.07) is 8.82. The first-order chi connectivity index (χ1) is 12.5. The van der Waals surface area contributed by atoms with E-state index in [0.717, 1.165) is 10.4 Å². The van der Waals surface area contributed by atoms with Gasteiger partial charge in [0.2, 0.25) is 5.91 Å². The van der Waals surface area contributed by atoms with Gasteiger partial charge in [0.25, 0.3) is 5.91 Å². The topological polar surface area (TPSA) is 71.1 Å². The molecule has 0 bridgehead atoms. The fraction of sp³-hybridized carbons (Fsp3) is 0.118. The number of aromatic nitrogens is 1. The number of amides is 2. The molecule has 0 unspecified atom stereocenters. The number of rotatable bonds is 6. The maximum absolute atomic E-state index is 12.0. The van der Waals surface area contributed by atoms with Gasteiger partial charge in [-0.25, -0.2) is 4.98 Å². The number of hydrogen-bond donors (Lipinski definition) is 2. The van der Waals surface area contributed by atoms with Crippen molar-refractivity contribution in [1.29, 1.82) is 0 Å². The first-order valence-corrected chi connectivity index (χ1v) is 9.96. The molecule has 0 spiro atoms. The third kappa shape index (κ3) is 5.04. The van der Waals surface area contributed by atoms with Crippen molar-refractivity contribution in [3.63, 3.8) is 0 Å². The van der Waals surface area contributed by atoms with Gasteiger partial charge in [-0.2, -0.15) is 0 Å². The van der Waals surface area contributed by atoms with Gasteiger partial charge in [0, 0.05) is 27.5 Å². The summed E-state index contributed by atoms with van der Waals surface area (Å²) in [5, 5.41) is 8.70. The number of anilines is 1. The van der Waals surface area contributed by atoms with Crippen molar-refractivity contribution >= 4 is 62.8 Å². The molecule has 0 aliphatic carbocycles. The van der Waals surface area contributed by atoms with Gasteiger partial charge in [-0.15, -0.1) is 22.7 Å². The molecule has 3 aromatic rings. The molecular weight excluding hydrogens is 413 g/mol. The Bertz CT molecular complexity index is 926. The molecule has 0 radical (unpaired) electrons. The van der Waals surface area contributed by atoms with Crippen LogP contribution in [0.5, 0.6) is 0 Å². The van der Waals surface area contributed by atoms with Crippen molar-refractivity contribution in [1.82, 2.24) is 10.3 Å². The molecular formula is C17H13Cl2N3O2S2. The Labute approximate surface area is 168 Å². The molecule has 9 heteroatoms. The fourth-order valence-electron chi connectivity index (χ4n) is 2.12. The van der Waals surface area contributed by atoms with Crippen LogP contribution in [-0.4, -0.2) is 23.3 Å². The highest BCUT2D eigenvalue weighted by Crippen LogP contribution is 2.26. The summed E-state index contributed by atoms with van der Waals surface area (Å²) in [7, 11) is 0. The molecule has 0 fully saturated rings. The first kappa shape index (κ1) is 18.8. The van der Waals surface area contributed by atoms with E-state index in [-0.39, 0.29) is 18.4 Å². The van der Waals surface area contributed by atoms with Gasteiger partial charge in [-0.3, -0.25) is 9.59 Å². The van der Waals surface area contributed by atoms with E-state index in [2.05, 4.69) is 15.6 Å². The quantitative estimate of drug-likeness (QED) is 0.611. The van der Waals surface area contributed by atoms with E-state index in [1.807, 2.05) is 6.07 Å². The molecule has 0 saturated heterocycles. The minimum absolute atomic E-state index is 0.116. The zero-order valence-electron chi connectivity index (χ0n) is 13.3. The number of carbonyl (C=O) groups excluding carboxylic acids is 2. The summed E-state index contributed by atoms with van der Waals surface area (Å²) in [5.74, 6) is -0.604. The smallest absolute Gasteiger partial charge is 0.261 e. The normalized spacial score (nSPS) is 10.5. The van der Waals surface area contributed by atoms with Crippen LogP contribution < -0.4 is 10.6 Å². The minimum Gasteiger partial charge on any atom is -0.342 e. The average molecular weight is 426 g/mol. The van der Waals surface area contributed by atoms with Crippen LogP contribution >= 0.6 is 45.9 Å². The highest BCUT2D eigenvalue weighted by Gasteiger charge is 2.11. The Balaban J connectivity index is 1.53. The summed E-state index contributed by atoms with van der Waals surface area (Å²) in [4.78, 5) is 29.5. The van der Waals surface area contributed by atoms with Crippen molar-refractivity contribution in [3.8, 4) is 0 Å². The second kappa shape index (κ2) is 8.64. The van der Waals surface area contributed by atoms with E-state index in [0.29, 0.717) is 26.5 Å². The molecule has 1 aromatic carbocycles. The number of benzene rings is 1. The molecule has 134 valence electrons. The lowest BCUT2D eigenvalue weighted by Gasteiger charge is -2.04. The third-order valence-corrected chi connectivity index (χ3v) is 5.70. The largest absolute Gasteiger partial charge is 0.342 e. The molecule has 2 aromatic heterocycles. The number of nitrogens with one attached hydrogen (secondary N) is 2. The molecule has 26 heavy (non-hydrogen) atoms. The lowest BCUT2D eigenvalue weighted by molar-refractivity contribution is -0.115. The van der Waals surface area contributed by atoms with Gasteiger partial charge in [0.15, 0.2) is 5.13 Å². The average Bonchev–Trinajstić information content (AvgIpc) is 3.27. The van der Waals surface area contributed by atoms with Crippen LogP contribution in [0.3, 0.4) is 0 Å². The molecule has 2 N–H and O–H groups in total. The van der Waals surface area contributed by atoms with Crippen molar-refractivity contribution in [2.24, 2.45) is 0 Å². The first-order valence-electron chi connectivity index (χ1n) is 7.51. The zero-order valence-corrected chi connectivity index (χ0v) is 16.4. The van der Waals surface area contributed by atoms with Gasteiger partial charge in [0.05, 0.1) is 11.4 Å². The van der Waals surface area contributed by atoms with Crippen LogP contribution in [0.2, 0.25) is 10.0 Å². The summed E-state index contributed by atoms with van der Waals surface area (Å²) in [5.41, 5.74) is 0.931. The third-order valence-electron chi connectivity index (χ3n) is 3.33. The summed E-state index contributed by atoms with van der Waals surface area (Å²) >= 11 is 14.7. The summed E-state index contributed by atoms with van der Waals surface area (Å²) in [6.45, 7) is -0.116. The minimum atomic E-state index is -0.333. The number of nitrogens with zero attached hydrogens (tertiary/aromatic N) is 1. The summed E-state index contributed by atoms with van der Waals surface area (Å²) < 4.78 is 0. The SMILES string of the molecule is O=C(CNC(=O)c1cccs1)Nc1ncc(Cc2ccc(Cl)cc2Cl)s1. The second-order valence-corrected chi connectivity index (χ2v) is 8.16. The Morgan fingerprint density at radius 1 is 1.19 bits per heavy atom. The van der Waals surface area contributed by atoms with E-state index < -0.39 is 0 Å². The monoisotopic (exact) mass is 425 g/mol. The maximum Gasteiger partial charge on any atom is 0.261 e. The number of halogens is 2. The highest BCUT2D eigenvalue weighted by atomic mass is 35.5. The Kier molecular flexibility index (Phi) is 6.26. The second-order valence-electron chi connectivity index (χ2n) is 5.25.